The Morgan fingerprint density at radius 3 is 2.70 bits per heavy atom. The predicted molar refractivity (Wildman–Crippen MR) is 78.2 cm³/mol. The first kappa shape index (κ1) is 13.6. The highest BCUT2D eigenvalue weighted by Crippen LogP contribution is 2.49. The zero-order valence-corrected chi connectivity index (χ0v) is 12.5. The molecule has 3 atom stereocenters. The third kappa shape index (κ3) is 2.87. The van der Waals surface area contributed by atoms with E-state index in [2.05, 4.69) is 10.9 Å². The summed E-state index contributed by atoms with van der Waals surface area (Å²) in [5.74, 6) is 1.81. The Morgan fingerprint density at radius 1 is 1.25 bits per heavy atom. The van der Waals surface area contributed by atoms with Crippen LogP contribution in [0.1, 0.15) is 46.7 Å². The topological polar surface area (TPSA) is 58.2 Å². The zero-order valence-electron chi connectivity index (χ0n) is 11.6. The van der Waals surface area contributed by atoms with Crippen LogP contribution in [0.4, 0.5) is 0 Å². The van der Waals surface area contributed by atoms with Crippen molar-refractivity contribution in [1.82, 2.24) is 10.9 Å². The Bertz CT molecular complexity index is 526. The van der Waals surface area contributed by atoms with E-state index in [-0.39, 0.29) is 11.8 Å². The van der Waals surface area contributed by atoms with E-state index in [0.29, 0.717) is 17.2 Å². The minimum Gasteiger partial charge on any atom is -0.273 e. The largest absolute Gasteiger partial charge is 0.279 e. The number of rotatable bonds is 3. The molecule has 0 spiro atoms. The summed E-state index contributed by atoms with van der Waals surface area (Å²) in [5, 5.41) is 0. The van der Waals surface area contributed by atoms with Gasteiger partial charge in [0, 0.05) is 11.3 Å². The van der Waals surface area contributed by atoms with E-state index in [9.17, 15) is 9.59 Å². The van der Waals surface area contributed by atoms with Crippen molar-refractivity contribution in [3.05, 3.63) is 21.9 Å². The molecule has 1 aromatic heterocycles. The van der Waals surface area contributed by atoms with Crippen molar-refractivity contribution in [2.24, 2.45) is 17.8 Å². The molecule has 3 rings (SSSR count). The van der Waals surface area contributed by atoms with Gasteiger partial charge < -0.3 is 0 Å². The molecule has 108 valence electrons. The van der Waals surface area contributed by atoms with Crippen LogP contribution in [0.2, 0.25) is 0 Å². The van der Waals surface area contributed by atoms with Gasteiger partial charge in [0.25, 0.3) is 5.91 Å². The molecule has 20 heavy (non-hydrogen) atoms. The van der Waals surface area contributed by atoms with Gasteiger partial charge in [-0.1, -0.05) is 6.42 Å². The number of thiophene rings is 1. The summed E-state index contributed by atoms with van der Waals surface area (Å²) in [5.41, 5.74) is 5.05. The Balaban J connectivity index is 1.44. The number of carbonyl (C=O) groups is 2. The molecule has 2 bridgehead atoms. The van der Waals surface area contributed by atoms with Crippen LogP contribution in [0.15, 0.2) is 12.1 Å². The lowest BCUT2D eigenvalue weighted by Crippen LogP contribution is -2.42. The Kier molecular flexibility index (Phi) is 3.78. The van der Waals surface area contributed by atoms with Crippen LogP contribution in [0.3, 0.4) is 0 Å². The Hall–Kier alpha value is -1.36. The van der Waals surface area contributed by atoms with Gasteiger partial charge in [-0.2, -0.15) is 0 Å². The second-order valence-electron chi connectivity index (χ2n) is 6.05. The van der Waals surface area contributed by atoms with E-state index >= 15 is 0 Å². The van der Waals surface area contributed by atoms with Crippen LogP contribution >= 0.6 is 11.3 Å². The average molecular weight is 292 g/mol. The predicted octanol–water partition coefficient (Wildman–Crippen LogP) is 2.64. The monoisotopic (exact) mass is 292 g/mol. The molecule has 2 aliphatic carbocycles. The third-order valence-corrected chi connectivity index (χ3v) is 5.61. The Morgan fingerprint density at radius 2 is 2.10 bits per heavy atom. The smallest absolute Gasteiger partial charge is 0.273 e. The molecular weight excluding hydrogens is 272 g/mol. The van der Waals surface area contributed by atoms with Crippen molar-refractivity contribution in [3.8, 4) is 0 Å². The van der Waals surface area contributed by atoms with Crippen LogP contribution in [0.25, 0.3) is 0 Å². The fourth-order valence-electron chi connectivity index (χ4n) is 3.66. The van der Waals surface area contributed by atoms with Gasteiger partial charge in [0.05, 0.1) is 4.88 Å². The second-order valence-corrected chi connectivity index (χ2v) is 7.34. The minimum atomic E-state index is -0.232. The first-order valence-corrected chi connectivity index (χ1v) is 8.09. The molecule has 0 aromatic carbocycles. The molecule has 1 heterocycles. The minimum absolute atomic E-state index is 0.0656. The van der Waals surface area contributed by atoms with Gasteiger partial charge in [0.15, 0.2) is 0 Å². The number of fused-ring (bicyclic) bond motifs is 2. The molecule has 2 saturated carbocycles. The van der Waals surface area contributed by atoms with Crippen molar-refractivity contribution in [2.45, 2.75) is 39.0 Å². The SMILES string of the molecule is Cc1ccc(C(=O)NNC(=O)C[C@H]2C[C@H]3CC[C@H]2C3)s1. The van der Waals surface area contributed by atoms with Gasteiger partial charge in [-0.3, -0.25) is 20.4 Å². The number of nitrogens with one attached hydrogen (secondary N) is 2. The highest BCUT2D eigenvalue weighted by molar-refractivity contribution is 7.13. The fraction of sp³-hybridized carbons (Fsp3) is 0.600. The summed E-state index contributed by atoms with van der Waals surface area (Å²) in [7, 11) is 0. The summed E-state index contributed by atoms with van der Waals surface area (Å²) in [6.45, 7) is 1.95. The van der Waals surface area contributed by atoms with Gasteiger partial charge in [-0.05, 0) is 56.1 Å². The Labute approximate surface area is 122 Å². The van der Waals surface area contributed by atoms with Crippen molar-refractivity contribution in [2.75, 3.05) is 0 Å². The number of carbonyl (C=O) groups excluding carboxylic acids is 2. The van der Waals surface area contributed by atoms with Crippen molar-refractivity contribution >= 4 is 23.2 Å². The molecular formula is C15H20N2O2S. The van der Waals surface area contributed by atoms with Gasteiger partial charge in [-0.25, -0.2) is 0 Å². The van der Waals surface area contributed by atoms with E-state index in [0.717, 1.165) is 16.7 Å². The third-order valence-electron chi connectivity index (χ3n) is 4.61. The van der Waals surface area contributed by atoms with Crippen molar-refractivity contribution < 1.29 is 9.59 Å². The molecule has 0 radical (unpaired) electrons. The molecule has 1 aromatic rings. The lowest BCUT2D eigenvalue weighted by Gasteiger charge is -2.20. The maximum atomic E-state index is 11.9. The highest BCUT2D eigenvalue weighted by Gasteiger charge is 2.40. The molecule has 2 amide bonds. The lowest BCUT2D eigenvalue weighted by molar-refractivity contribution is -0.123. The quantitative estimate of drug-likeness (QED) is 0.841. The number of hydrazine groups is 1. The van der Waals surface area contributed by atoms with Crippen LogP contribution in [0, 0.1) is 24.7 Å². The van der Waals surface area contributed by atoms with Crippen LogP contribution in [0.5, 0.6) is 0 Å². The van der Waals surface area contributed by atoms with Crippen LogP contribution in [-0.2, 0) is 4.79 Å². The summed E-state index contributed by atoms with van der Waals surface area (Å²) < 4.78 is 0. The molecule has 4 nitrogen and oxygen atoms in total. The highest BCUT2D eigenvalue weighted by atomic mass is 32.1. The number of aryl methyl sites for hydroxylation is 1. The van der Waals surface area contributed by atoms with Gasteiger partial charge in [0.1, 0.15) is 0 Å². The van der Waals surface area contributed by atoms with Gasteiger partial charge in [0.2, 0.25) is 5.91 Å². The molecule has 0 aliphatic heterocycles. The number of hydrogen-bond acceptors (Lipinski definition) is 3. The number of amides is 2. The van der Waals surface area contributed by atoms with E-state index in [1.165, 1.54) is 37.0 Å². The van der Waals surface area contributed by atoms with Crippen LogP contribution in [-0.4, -0.2) is 11.8 Å². The standard InChI is InChI=1S/C15H20N2O2S/c1-9-2-5-13(20-9)15(19)17-16-14(18)8-12-7-10-3-4-11(12)6-10/h2,5,10-12H,3-4,6-8H2,1H3,(H,16,18)(H,17,19)/t10-,11-,12+/m0/s1. The molecule has 0 saturated heterocycles. The summed E-state index contributed by atoms with van der Waals surface area (Å²) in [6.07, 6.45) is 5.67. The van der Waals surface area contributed by atoms with E-state index in [1.807, 2.05) is 13.0 Å². The van der Waals surface area contributed by atoms with Crippen molar-refractivity contribution in [3.63, 3.8) is 0 Å². The molecule has 0 unspecified atom stereocenters. The molecule has 5 heteroatoms. The molecule has 2 N–H and O–H groups in total. The zero-order chi connectivity index (χ0) is 14.1. The summed E-state index contributed by atoms with van der Waals surface area (Å²) >= 11 is 1.43. The van der Waals surface area contributed by atoms with Gasteiger partial charge >= 0.3 is 0 Å². The lowest BCUT2D eigenvalue weighted by atomic mass is 9.86. The second kappa shape index (κ2) is 5.56. The fourth-order valence-corrected chi connectivity index (χ4v) is 4.42. The summed E-state index contributed by atoms with van der Waals surface area (Å²) in [4.78, 5) is 25.4. The van der Waals surface area contributed by atoms with Crippen molar-refractivity contribution in [1.29, 1.82) is 0 Å². The maximum absolute atomic E-state index is 11.9. The maximum Gasteiger partial charge on any atom is 0.279 e. The first-order valence-electron chi connectivity index (χ1n) is 7.27. The first-order chi connectivity index (χ1) is 9.61. The average Bonchev–Trinajstić information content (AvgIpc) is 3.12. The number of hydrogen-bond donors (Lipinski definition) is 2. The van der Waals surface area contributed by atoms with E-state index in [1.54, 1.807) is 6.07 Å². The van der Waals surface area contributed by atoms with Gasteiger partial charge in [-0.15, -0.1) is 11.3 Å². The molecule has 2 fully saturated rings. The van der Waals surface area contributed by atoms with E-state index in [4.69, 9.17) is 0 Å². The normalized spacial score (nSPS) is 27.6. The molecule has 2 aliphatic rings. The van der Waals surface area contributed by atoms with E-state index < -0.39 is 0 Å². The summed E-state index contributed by atoms with van der Waals surface area (Å²) in [6, 6.07) is 3.67. The van der Waals surface area contributed by atoms with Crippen LogP contribution < -0.4 is 10.9 Å².